The first-order chi connectivity index (χ1) is 11.9. The zero-order valence-corrected chi connectivity index (χ0v) is 13.2. The molecule has 2 heterocycles. The van der Waals surface area contributed by atoms with E-state index in [0.29, 0.717) is 6.07 Å². The van der Waals surface area contributed by atoms with Gasteiger partial charge in [-0.05, 0) is 12.1 Å². The summed E-state index contributed by atoms with van der Waals surface area (Å²) in [7, 11) is 0. The molecule has 0 bridgehead atoms. The number of rotatable bonds is 3. The number of morpholine rings is 1. The molecule has 2 saturated heterocycles. The van der Waals surface area contributed by atoms with E-state index in [4.69, 9.17) is 4.74 Å². The molecule has 2 aliphatic heterocycles. The van der Waals surface area contributed by atoms with Crippen LogP contribution in [0.25, 0.3) is 0 Å². The van der Waals surface area contributed by atoms with Crippen molar-refractivity contribution in [3.05, 3.63) is 29.8 Å². The molecule has 7 nitrogen and oxygen atoms in total. The number of hydrogen-bond acceptors (Lipinski definition) is 4. The fraction of sp³-hybridized carbons (Fsp3) is 0.438. The first-order valence-electron chi connectivity index (χ1n) is 7.74. The third-order valence-corrected chi connectivity index (χ3v) is 4.33. The maximum atomic E-state index is 13.4. The van der Waals surface area contributed by atoms with Gasteiger partial charge in [0.05, 0.1) is 19.1 Å². The lowest BCUT2D eigenvalue weighted by Gasteiger charge is -2.34. The topological polar surface area (TPSA) is 87.1 Å². The molecule has 2 aliphatic rings. The van der Waals surface area contributed by atoms with Crippen LogP contribution in [0.2, 0.25) is 0 Å². The second kappa shape index (κ2) is 6.75. The Kier molecular flexibility index (Phi) is 4.67. The first-order valence-corrected chi connectivity index (χ1v) is 7.74. The van der Waals surface area contributed by atoms with Crippen LogP contribution in [0.4, 0.5) is 14.5 Å². The average Bonchev–Trinajstić information content (AvgIpc) is 2.95. The lowest BCUT2D eigenvalue weighted by atomic mass is 10.1. The predicted octanol–water partition coefficient (Wildman–Crippen LogP) is 0.630. The molecule has 2 fully saturated rings. The first kappa shape index (κ1) is 17.3. The van der Waals surface area contributed by atoms with E-state index in [9.17, 15) is 28.3 Å². The van der Waals surface area contributed by atoms with Crippen molar-refractivity contribution in [3.63, 3.8) is 0 Å². The number of carboxylic acid groups (broad SMARTS) is 1. The van der Waals surface area contributed by atoms with Crippen molar-refractivity contribution in [1.82, 2.24) is 4.90 Å². The Morgan fingerprint density at radius 2 is 1.88 bits per heavy atom. The van der Waals surface area contributed by atoms with Crippen molar-refractivity contribution in [2.24, 2.45) is 5.92 Å². The highest BCUT2D eigenvalue weighted by atomic mass is 19.1. The van der Waals surface area contributed by atoms with Crippen molar-refractivity contribution in [2.75, 3.05) is 31.2 Å². The Labute approximate surface area is 141 Å². The molecule has 0 saturated carbocycles. The van der Waals surface area contributed by atoms with Crippen molar-refractivity contribution >= 4 is 23.5 Å². The molecule has 0 radical (unpaired) electrons. The van der Waals surface area contributed by atoms with E-state index in [1.165, 1.54) is 4.90 Å². The Hall–Kier alpha value is -2.55. The fourth-order valence-corrected chi connectivity index (χ4v) is 3.12. The molecule has 134 valence electrons. The maximum absolute atomic E-state index is 13.4. The third-order valence-electron chi connectivity index (χ3n) is 4.33. The summed E-state index contributed by atoms with van der Waals surface area (Å²) in [4.78, 5) is 38.4. The van der Waals surface area contributed by atoms with Crippen LogP contribution in [0.3, 0.4) is 0 Å². The molecule has 1 aromatic rings. The standard InChI is InChI=1S/C16H16F2N2O5/c17-10-4-11(18)6-12(5-10)20-7-9(3-14(20)21)15(22)19-1-2-25-8-13(19)16(23)24/h4-6,9,13H,1-3,7-8H2,(H,23,24)/t9-,13-/m1/s1. The molecule has 0 aliphatic carbocycles. The lowest BCUT2D eigenvalue weighted by molar-refractivity contribution is -0.160. The number of nitrogens with zero attached hydrogens (tertiary/aromatic N) is 2. The highest BCUT2D eigenvalue weighted by Crippen LogP contribution is 2.28. The summed E-state index contributed by atoms with van der Waals surface area (Å²) >= 11 is 0. The summed E-state index contributed by atoms with van der Waals surface area (Å²) in [5.74, 6) is -4.50. The molecule has 9 heteroatoms. The van der Waals surface area contributed by atoms with Gasteiger partial charge in [0.15, 0.2) is 6.04 Å². The highest BCUT2D eigenvalue weighted by Gasteiger charge is 2.41. The van der Waals surface area contributed by atoms with Gasteiger partial charge >= 0.3 is 5.97 Å². The zero-order chi connectivity index (χ0) is 18.1. The van der Waals surface area contributed by atoms with E-state index in [1.807, 2.05) is 0 Å². The van der Waals surface area contributed by atoms with Gasteiger partial charge in [0, 0.05) is 31.3 Å². The molecule has 0 unspecified atom stereocenters. The van der Waals surface area contributed by atoms with Gasteiger partial charge in [0.1, 0.15) is 11.6 Å². The van der Waals surface area contributed by atoms with Crippen LogP contribution in [0.1, 0.15) is 6.42 Å². The summed E-state index contributed by atoms with van der Waals surface area (Å²) in [6, 6.07) is 1.63. The number of carbonyl (C=O) groups is 3. The minimum Gasteiger partial charge on any atom is -0.480 e. The van der Waals surface area contributed by atoms with Crippen molar-refractivity contribution < 1.29 is 33.0 Å². The second-order valence-corrected chi connectivity index (χ2v) is 5.99. The number of aliphatic carboxylic acids is 1. The van der Waals surface area contributed by atoms with Gasteiger partial charge in [-0.3, -0.25) is 9.59 Å². The number of anilines is 1. The minimum absolute atomic E-state index is 0.0366. The summed E-state index contributed by atoms with van der Waals surface area (Å²) in [5, 5.41) is 9.21. The summed E-state index contributed by atoms with van der Waals surface area (Å²) in [6.07, 6.45) is -0.138. The number of amides is 2. The number of hydrogen-bond donors (Lipinski definition) is 1. The molecule has 1 aromatic carbocycles. The number of ether oxygens (including phenoxy) is 1. The van der Waals surface area contributed by atoms with Crippen LogP contribution in [0.5, 0.6) is 0 Å². The van der Waals surface area contributed by atoms with Crippen molar-refractivity contribution in [3.8, 4) is 0 Å². The highest BCUT2D eigenvalue weighted by molar-refractivity contribution is 6.00. The lowest BCUT2D eigenvalue weighted by Crippen LogP contribution is -2.54. The Morgan fingerprint density at radius 1 is 1.20 bits per heavy atom. The molecular formula is C16H16F2N2O5. The second-order valence-electron chi connectivity index (χ2n) is 5.99. The number of benzene rings is 1. The molecule has 2 amide bonds. The Balaban J connectivity index is 1.77. The van der Waals surface area contributed by atoms with Gasteiger partial charge in [0.2, 0.25) is 11.8 Å². The predicted molar refractivity (Wildman–Crippen MR) is 80.8 cm³/mol. The van der Waals surface area contributed by atoms with Crippen molar-refractivity contribution in [2.45, 2.75) is 12.5 Å². The summed E-state index contributed by atoms with van der Waals surface area (Å²) in [6.45, 7) is 0.176. The molecule has 2 atom stereocenters. The minimum atomic E-state index is -1.18. The van der Waals surface area contributed by atoms with Crippen LogP contribution in [0.15, 0.2) is 18.2 Å². The number of halogens is 2. The molecule has 3 rings (SSSR count). The van der Waals surface area contributed by atoms with E-state index < -0.39 is 41.4 Å². The van der Waals surface area contributed by atoms with E-state index in [2.05, 4.69) is 0 Å². The zero-order valence-electron chi connectivity index (χ0n) is 13.2. The van der Waals surface area contributed by atoms with E-state index >= 15 is 0 Å². The normalized spacial score (nSPS) is 23.8. The summed E-state index contributed by atoms with van der Waals surface area (Å²) in [5.41, 5.74) is 0.0366. The summed E-state index contributed by atoms with van der Waals surface area (Å²) < 4.78 is 31.8. The monoisotopic (exact) mass is 354 g/mol. The molecule has 0 spiro atoms. The van der Waals surface area contributed by atoms with Crippen LogP contribution < -0.4 is 4.90 Å². The Bertz CT molecular complexity index is 706. The third kappa shape index (κ3) is 3.46. The van der Waals surface area contributed by atoms with Gasteiger partial charge in [0.25, 0.3) is 0 Å². The van der Waals surface area contributed by atoms with Crippen LogP contribution in [-0.4, -0.2) is 60.1 Å². The molecule has 1 N–H and O–H groups in total. The molecule has 0 aromatic heterocycles. The fourth-order valence-electron chi connectivity index (χ4n) is 3.12. The van der Waals surface area contributed by atoms with Gasteiger partial charge in [-0.2, -0.15) is 0 Å². The Morgan fingerprint density at radius 3 is 2.52 bits per heavy atom. The van der Waals surface area contributed by atoms with Gasteiger partial charge in [-0.1, -0.05) is 0 Å². The van der Waals surface area contributed by atoms with Gasteiger partial charge in [-0.15, -0.1) is 0 Å². The van der Waals surface area contributed by atoms with Crippen LogP contribution >= 0.6 is 0 Å². The maximum Gasteiger partial charge on any atom is 0.328 e. The number of carboxylic acids is 1. The molecular weight excluding hydrogens is 338 g/mol. The van der Waals surface area contributed by atoms with Crippen LogP contribution in [0, 0.1) is 17.6 Å². The van der Waals surface area contributed by atoms with Gasteiger partial charge in [-0.25, -0.2) is 13.6 Å². The SMILES string of the molecule is O=C(O)[C@H]1COCCN1C(=O)[C@@H]1CC(=O)N(c2cc(F)cc(F)c2)C1. The van der Waals surface area contributed by atoms with Crippen molar-refractivity contribution in [1.29, 1.82) is 0 Å². The van der Waals surface area contributed by atoms with Gasteiger partial charge < -0.3 is 19.6 Å². The van der Waals surface area contributed by atoms with E-state index in [1.54, 1.807) is 0 Å². The smallest absolute Gasteiger partial charge is 0.328 e. The van der Waals surface area contributed by atoms with E-state index in [-0.39, 0.29) is 38.4 Å². The largest absolute Gasteiger partial charge is 0.480 e. The van der Waals surface area contributed by atoms with E-state index in [0.717, 1.165) is 17.0 Å². The quantitative estimate of drug-likeness (QED) is 0.860. The average molecular weight is 354 g/mol. The number of carbonyl (C=O) groups excluding carboxylic acids is 2. The molecule has 25 heavy (non-hydrogen) atoms. The van der Waals surface area contributed by atoms with Crippen LogP contribution in [-0.2, 0) is 19.1 Å².